The lowest BCUT2D eigenvalue weighted by Crippen LogP contribution is -2.47. The minimum absolute atomic E-state index is 0.263. The Morgan fingerprint density at radius 1 is 1.19 bits per heavy atom. The van der Waals surface area contributed by atoms with Crippen molar-refractivity contribution in [2.24, 2.45) is 5.73 Å². The van der Waals surface area contributed by atoms with Crippen molar-refractivity contribution in [1.82, 2.24) is 10.6 Å². The Hall–Kier alpha value is -2.57. The zero-order chi connectivity index (χ0) is 15.8. The number of carboxylic acids is 1. The fraction of sp³-hybridized carbons (Fsp3) is 0.357. The molecule has 114 valence electrons. The largest absolute Gasteiger partial charge is 0.480 e. The summed E-state index contributed by atoms with van der Waals surface area (Å²) in [5.41, 5.74) is 7.01. The Bertz CT molecular complexity index is 513. The molecule has 1 aromatic rings. The predicted octanol–water partition coefficient (Wildman–Crippen LogP) is 0.377. The Morgan fingerprint density at radius 3 is 2.24 bits per heavy atom. The Balaban J connectivity index is 2.48. The first-order valence-corrected chi connectivity index (χ1v) is 6.55. The maximum Gasteiger partial charge on any atom is 0.326 e. The number of aliphatic carboxylic acids is 1. The molecule has 0 spiro atoms. The first-order valence-electron chi connectivity index (χ1n) is 6.55. The van der Waals surface area contributed by atoms with Crippen LogP contribution < -0.4 is 16.4 Å². The SMILES string of the molecule is CCc1ccc(CNC(=O)N[C@@H](CC(N)=O)C(=O)O)cc1. The van der Waals surface area contributed by atoms with Crippen molar-refractivity contribution >= 4 is 17.9 Å². The highest BCUT2D eigenvalue weighted by molar-refractivity contribution is 5.87. The average Bonchev–Trinajstić information content (AvgIpc) is 2.44. The minimum atomic E-state index is -1.33. The van der Waals surface area contributed by atoms with Gasteiger partial charge in [-0.25, -0.2) is 9.59 Å². The first-order chi connectivity index (χ1) is 9.92. The quantitative estimate of drug-likeness (QED) is 0.580. The van der Waals surface area contributed by atoms with Gasteiger partial charge in [0.2, 0.25) is 5.91 Å². The lowest BCUT2D eigenvalue weighted by Gasteiger charge is -2.13. The van der Waals surface area contributed by atoms with E-state index in [0.717, 1.165) is 12.0 Å². The van der Waals surface area contributed by atoms with E-state index in [0.29, 0.717) is 0 Å². The van der Waals surface area contributed by atoms with Crippen LogP contribution in [0.2, 0.25) is 0 Å². The summed E-state index contributed by atoms with van der Waals surface area (Å²) in [7, 11) is 0. The number of rotatable bonds is 7. The normalized spacial score (nSPS) is 11.5. The molecule has 0 saturated carbocycles. The van der Waals surface area contributed by atoms with Crippen LogP contribution in [0.3, 0.4) is 0 Å². The topological polar surface area (TPSA) is 122 Å². The molecule has 1 aromatic carbocycles. The number of carbonyl (C=O) groups excluding carboxylic acids is 2. The van der Waals surface area contributed by atoms with Crippen molar-refractivity contribution in [1.29, 1.82) is 0 Å². The molecule has 0 aliphatic carbocycles. The van der Waals surface area contributed by atoms with E-state index < -0.39 is 30.4 Å². The number of amides is 3. The molecule has 0 heterocycles. The van der Waals surface area contributed by atoms with Crippen molar-refractivity contribution in [3.8, 4) is 0 Å². The fourth-order valence-electron chi connectivity index (χ4n) is 1.69. The van der Waals surface area contributed by atoms with Crippen LogP contribution in [0.1, 0.15) is 24.5 Å². The third kappa shape index (κ3) is 5.94. The highest BCUT2D eigenvalue weighted by atomic mass is 16.4. The Labute approximate surface area is 122 Å². The highest BCUT2D eigenvalue weighted by Gasteiger charge is 2.21. The highest BCUT2D eigenvalue weighted by Crippen LogP contribution is 2.04. The molecule has 7 nitrogen and oxygen atoms in total. The number of aryl methyl sites for hydroxylation is 1. The van der Waals surface area contributed by atoms with Crippen LogP contribution in [-0.4, -0.2) is 29.1 Å². The number of nitrogens with one attached hydrogen (secondary N) is 2. The number of carbonyl (C=O) groups is 3. The monoisotopic (exact) mass is 293 g/mol. The van der Waals surface area contributed by atoms with E-state index in [1.54, 1.807) is 0 Å². The predicted molar refractivity (Wildman–Crippen MR) is 76.4 cm³/mol. The van der Waals surface area contributed by atoms with E-state index in [1.807, 2.05) is 31.2 Å². The summed E-state index contributed by atoms with van der Waals surface area (Å²) in [6, 6.07) is 5.70. The minimum Gasteiger partial charge on any atom is -0.480 e. The number of nitrogens with two attached hydrogens (primary N) is 1. The molecule has 0 unspecified atom stereocenters. The zero-order valence-corrected chi connectivity index (χ0v) is 11.8. The molecule has 3 amide bonds. The van der Waals surface area contributed by atoms with E-state index in [1.165, 1.54) is 5.56 Å². The summed E-state index contributed by atoms with van der Waals surface area (Å²) >= 11 is 0. The van der Waals surface area contributed by atoms with Gasteiger partial charge in [-0.15, -0.1) is 0 Å². The molecule has 0 aliphatic rings. The van der Waals surface area contributed by atoms with Crippen molar-refractivity contribution in [2.75, 3.05) is 0 Å². The molecule has 1 atom stereocenters. The molecule has 0 radical (unpaired) electrons. The molecular weight excluding hydrogens is 274 g/mol. The van der Waals surface area contributed by atoms with Gasteiger partial charge in [0, 0.05) is 6.54 Å². The molecule has 0 aliphatic heterocycles. The average molecular weight is 293 g/mol. The summed E-state index contributed by atoms with van der Waals surface area (Å²) in [4.78, 5) is 33.2. The third-order valence-corrected chi connectivity index (χ3v) is 2.89. The molecular formula is C14H19N3O4. The van der Waals surface area contributed by atoms with Crippen molar-refractivity contribution in [3.63, 3.8) is 0 Å². The van der Waals surface area contributed by atoms with E-state index in [2.05, 4.69) is 10.6 Å². The van der Waals surface area contributed by atoms with E-state index in [9.17, 15) is 14.4 Å². The van der Waals surface area contributed by atoms with Crippen molar-refractivity contribution < 1.29 is 19.5 Å². The maximum atomic E-state index is 11.6. The van der Waals surface area contributed by atoms with E-state index >= 15 is 0 Å². The zero-order valence-electron chi connectivity index (χ0n) is 11.8. The van der Waals surface area contributed by atoms with Gasteiger partial charge in [-0.05, 0) is 17.5 Å². The second-order valence-corrected chi connectivity index (χ2v) is 4.56. The van der Waals surface area contributed by atoms with Crippen LogP contribution in [-0.2, 0) is 22.6 Å². The van der Waals surface area contributed by atoms with Crippen molar-refractivity contribution in [2.45, 2.75) is 32.4 Å². The van der Waals surface area contributed by atoms with Crippen LogP contribution >= 0.6 is 0 Å². The van der Waals surface area contributed by atoms with Crippen LogP contribution in [0.4, 0.5) is 4.79 Å². The van der Waals surface area contributed by atoms with Gasteiger partial charge in [0.1, 0.15) is 6.04 Å². The van der Waals surface area contributed by atoms with Gasteiger partial charge in [-0.1, -0.05) is 31.2 Å². The molecule has 5 N–H and O–H groups in total. The summed E-state index contributed by atoms with van der Waals surface area (Å²) in [6.45, 7) is 2.31. The molecule has 0 aromatic heterocycles. The number of hydrogen-bond acceptors (Lipinski definition) is 3. The molecule has 0 fully saturated rings. The molecule has 7 heteroatoms. The second kappa shape index (κ2) is 7.88. The fourth-order valence-corrected chi connectivity index (χ4v) is 1.69. The van der Waals surface area contributed by atoms with Gasteiger partial charge >= 0.3 is 12.0 Å². The second-order valence-electron chi connectivity index (χ2n) is 4.56. The maximum absolute atomic E-state index is 11.6. The first kappa shape index (κ1) is 16.5. The number of primary amides is 1. The number of carboxylic acid groups (broad SMARTS) is 1. The molecule has 0 bridgehead atoms. The lowest BCUT2D eigenvalue weighted by molar-refractivity contribution is -0.140. The summed E-state index contributed by atoms with van der Waals surface area (Å²) in [5.74, 6) is -2.10. The number of urea groups is 1. The number of hydrogen-bond donors (Lipinski definition) is 4. The van der Waals surface area contributed by atoms with Gasteiger partial charge in [0.05, 0.1) is 6.42 Å². The van der Waals surface area contributed by atoms with E-state index in [-0.39, 0.29) is 6.54 Å². The number of benzene rings is 1. The molecule has 21 heavy (non-hydrogen) atoms. The summed E-state index contributed by atoms with van der Waals surface area (Å²) < 4.78 is 0. The van der Waals surface area contributed by atoms with Gasteiger partial charge in [-0.2, -0.15) is 0 Å². The lowest BCUT2D eigenvalue weighted by atomic mass is 10.1. The van der Waals surface area contributed by atoms with Gasteiger partial charge < -0.3 is 21.5 Å². The summed E-state index contributed by atoms with van der Waals surface area (Å²) in [5, 5.41) is 13.6. The van der Waals surface area contributed by atoms with Gasteiger partial charge in [0.25, 0.3) is 0 Å². The van der Waals surface area contributed by atoms with Crippen LogP contribution in [0.15, 0.2) is 24.3 Å². The van der Waals surface area contributed by atoms with Crippen LogP contribution in [0.5, 0.6) is 0 Å². The smallest absolute Gasteiger partial charge is 0.326 e. The van der Waals surface area contributed by atoms with Gasteiger partial charge in [-0.3, -0.25) is 4.79 Å². The summed E-state index contributed by atoms with van der Waals surface area (Å²) in [6.07, 6.45) is 0.482. The van der Waals surface area contributed by atoms with Crippen LogP contribution in [0.25, 0.3) is 0 Å². The van der Waals surface area contributed by atoms with Crippen molar-refractivity contribution in [3.05, 3.63) is 35.4 Å². The Kier molecular flexibility index (Phi) is 6.19. The standard InChI is InChI=1S/C14H19N3O4/c1-2-9-3-5-10(6-4-9)8-16-14(21)17-11(13(19)20)7-12(15)18/h3-6,11H,2,7-8H2,1H3,(H2,15,18)(H,19,20)(H2,16,17,21)/t11-/m0/s1. The van der Waals surface area contributed by atoms with E-state index in [4.69, 9.17) is 10.8 Å². The Morgan fingerprint density at radius 2 is 1.76 bits per heavy atom. The van der Waals surface area contributed by atoms with Crippen LogP contribution in [0, 0.1) is 0 Å². The molecule has 1 rings (SSSR count). The third-order valence-electron chi connectivity index (χ3n) is 2.89. The van der Waals surface area contributed by atoms with Gasteiger partial charge in [0.15, 0.2) is 0 Å². The molecule has 0 saturated heterocycles.